The molecule has 0 unspecified atom stereocenters. The van der Waals surface area contributed by atoms with E-state index in [-0.39, 0.29) is 29.8 Å². The van der Waals surface area contributed by atoms with Gasteiger partial charge < -0.3 is 20.3 Å². The van der Waals surface area contributed by atoms with Gasteiger partial charge in [0.2, 0.25) is 11.8 Å². The maximum Gasteiger partial charge on any atom is 0.269 e. The molecule has 0 fully saturated rings. The second kappa shape index (κ2) is 13.8. The van der Waals surface area contributed by atoms with Crippen LogP contribution in [0.4, 0.5) is 5.69 Å². The van der Waals surface area contributed by atoms with E-state index >= 15 is 0 Å². The van der Waals surface area contributed by atoms with Gasteiger partial charge in [0.05, 0.1) is 22.9 Å². The predicted molar refractivity (Wildman–Crippen MR) is 166 cm³/mol. The number of amides is 3. The molecule has 0 spiro atoms. The van der Waals surface area contributed by atoms with Crippen molar-refractivity contribution in [2.75, 3.05) is 25.0 Å². The third-order valence-corrected chi connectivity index (χ3v) is 7.92. The van der Waals surface area contributed by atoms with Gasteiger partial charge in [-0.2, -0.15) is 0 Å². The van der Waals surface area contributed by atoms with E-state index in [0.717, 1.165) is 10.3 Å². The Balaban J connectivity index is 1.37. The van der Waals surface area contributed by atoms with Gasteiger partial charge in [-0.25, -0.2) is 4.98 Å². The van der Waals surface area contributed by atoms with Gasteiger partial charge in [-0.1, -0.05) is 29.3 Å². The first-order chi connectivity index (χ1) is 20.1. The quantitative estimate of drug-likeness (QED) is 0.223. The number of nitrogens with zero attached hydrogens (tertiary/aromatic N) is 4. The minimum Gasteiger partial charge on any atom is -0.485 e. The van der Waals surface area contributed by atoms with E-state index in [9.17, 15) is 14.4 Å². The Bertz CT molecular complexity index is 1670. The fourth-order valence-electron chi connectivity index (χ4n) is 3.90. The number of halogens is 3. The Morgan fingerprint density at radius 3 is 2.64 bits per heavy atom. The van der Waals surface area contributed by atoms with Gasteiger partial charge in [0.1, 0.15) is 16.9 Å². The molecule has 42 heavy (non-hydrogen) atoms. The highest BCUT2D eigenvalue weighted by molar-refractivity contribution is 9.10. The van der Waals surface area contributed by atoms with E-state index < -0.39 is 11.8 Å². The number of hydrogen-bond donors (Lipinski definition) is 2. The zero-order chi connectivity index (χ0) is 30.4. The molecule has 2 N–H and O–H groups in total. The Morgan fingerprint density at radius 2 is 1.93 bits per heavy atom. The molecule has 218 valence electrons. The van der Waals surface area contributed by atoms with Crippen LogP contribution in [-0.2, 0) is 16.2 Å². The average Bonchev–Trinajstić information content (AvgIpc) is 3.28. The second-order valence-corrected chi connectivity index (χ2v) is 10.6. The Labute approximate surface area is 260 Å². The smallest absolute Gasteiger partial charge is 0.269 e. The lowest BCUT2D eigenvalue weighted by Gasteiger charge is -2.21. The first-order valence-corrected chi connectivity index (χ1v) is 14.3. The van der Waals surface area contributed by atoms with Crippen molar-refractivity contribution in [3.05, 3.63) is 92.0 Å². The molecule has 1 aromatic carbocycles. The van der Waals surface area contributed by atoms with Crippen molar-refractivity contribution in [2.45, 2.75) is 20.5 Å². The Hall–Kier alpha value is -3.93. The third-order valence-electron chi connectivity index (χ3n) is 6.19. The molecule has 10 nitrogen and oxygen atoms in total. The maximum absolute atomic E-state index is 12.9. The summed E-state index contributed by atoms with van der Waals surface area (Å²) in [6, 6.07) is 10.1. The number of hydrogen-bond acceptors (Lipinski definition) is 6. The Kier molecular flexibility index (Phi) is 10.2. The first kappa shape index (κ1) is 31.0. The van der Waals surface area contributed by atoms with Crippen LogP contribution in [0.5, 0.6) is 5.75 Å². The molecule has 4 aromatic rings. The normalized spacial score (nSPS) is 11.1. The van der Waals surface area contributed by atoms with Gasteiger partial charge in [-0.15, -0.1) is 0 Å². The van der Waals surface area contributed by atoms with Crippen molar-refractivity contribution in [3.8, 4) is 5.75 Å². The lowest BCUT2D eigenvalue weighted by atomic mass is 10.2. The van der Waals surface area contributed by atoms with E-state index in [1.54, 1.807) is 37.4 Å². The summed E-state index contributed by atoms with van der Waals surface area (Å²) in [6.07, 6.45) is 6.16. The summed E-state index contributed by atoms with van der Waals surface area (Å²) in [4.78, 5) is 47.0. The van der Waals surface area contributed by atoms with Crippen molar-refractivity contribution in [3.63, 3.8) is 0 Å². The molecule has 0 saturated heterocycles. The van der Waals surface area contributed by atoms with Crippen LogP contribution >= 0.6 is 39.1 Å². The monoisotopic (exact) mass is 672 g/mol. The van der Waals surface area contributed by atoms with E-state index in [1.165, 1.54) is 23.2 Å². The summed E-state index contributed by atoms with van der Waals surface area (Å²) < 4.78 is 8.73. The first-order valence-electron chi connectivity index (χ1n) is 12.8. The highest BCUT2D eigenvalue weighted by Gasteiger charge is 2.20. The third kappa shape index (κ3) is 7.10. The number of carbonyl (C=O) groups is 3. The van der Waals surface area contributed by atoms with Gasteiger partial charge in [-0.05, 0) is 71.7 Å². The maximum atomic E-state index is 12.9. The van der Waals surface area contributed by atoms with Crippen LogP contribution < -0.4 is 20.3 Å². The number of aromatic nitrogens is 3. The number of benzene rings is 1. The molecule has 13 heteroatoms. The molecule has 0 aliphatic heterocycles. The molecule has 3 amide bonds. The number of aryl methyl sites for hydroxylation is 1. The summed E-state index contributed by atoms with van der Waals surface area (Å²) >= 11 is 16.6. The van der Waals surface area contributed by atoms with Crippen molar-refractivity contribution < 1.29 is 19.1 Å². The fourth-order valence-corrected chi connectivity index (χ4v) is 4.88. The van der Waals surface area contributed by atoms with Gasteiger partial charge in [-0.3, -0.25) is 23.8 Å². The lowest BCUT2D eigenvalue weighted by Crippen LogP contribution is -2.37. The summed E-state index contributed by atoms with van der Waals surface area (Å²) in [7, 11) is 1.55. The highest BCUT2D eigenvalue weighted by atomic mass is 79.9. The summed E-state index contributed by atoms with van der Waals surface area (Å²) in [6.45, 7) is 3.97. The molecule has 0 saturated carbocycles. The summed E-state index contributed by atoms with van der Waals surface area (Å²) in [5, 5.41) is 5.85. The summed E-state index contributed by atoms with van der Waals surface area (Å²) in [5.74, 6) is -0.610. The SMILES string of the molecule is CCNC(=O)c1ccc(C=CC(=O)NCC(=O)N(C)c2ccc(Cl)c(COc3cccn4c(Br)c(C)nc34)c2Cl)cn1. The number of rotatable bonds is 10. The molecule has 4 rings (SSSR count). The van der Waals surface area contributed by atoms with Gasteiger partial charge >= 0.3 is 0 Å². The van der Waals surface area contributed by atoms with Crippen LogP contribution in [0.1, 0.15) is 34.2 Å². The van der Waals surface area contributed by atoms with Crippen LogP contribution in [0, 0.1) is 6.92 Å². The second-order valence-electron chi connectivity index (χ2n) is 9.04. The number of nitrogens with one attached hydrogen (secondary N) is 2. The molecule has 0 aliphatic carbocycles. The molecule has 0 atom stereocenters. The number of carbonyl (C=O) groups excluding carboxylic acids is 3. The number of imidazole rings is 1. The van der Waals surface area contributed by atoms with Gasteiger partial charge in [0.15, 0.2) is 11.4 Å². The zero-order valence-corrected chi connectivity index (χ0v) is 26.0. The molecule has 0 radical (unpaired) electrons. The van der Waals surface area contributed by atoms with Crippen molar-refractivity contribution in [2.24, 2.45) is 0 Å². The molecule has 0 bridgehead atoms. The van der Waals surface area contributed by atoms with Crippen LogP contribution in [-0.4, -0.2) is 52.2 Å². The standard InChI is InChI=1S/C29H27BrCl2N6O4/c1-4-33-29(41)21-10-7-18(14-34-21)8-12-24(39)35-15-25(40)37(3)22-11-9-20(31)19(26(22)32)16-42-23-6-5-13-38-27(30)17(2)36-28(23)38/h5-14H,4,15-16H2,1-3H3,(H,33,41)(H,35,39). The number of likely N-dealkylation sites (N-methyl/N-ethyl adjacent to an activating group) is 1. The van der Waals surface area contributed by atoms with Crippen molar-refractivity contribution >= 4 is 74.3 Å². The zero-order valence-electron chi connectivity index (χ0n) is 23.0. The lowest BCUT2D eigenvalue weighted by molar-refractivity contribution is -0.122. The van der Waals surface area contributed by atoms with Crippen LogP contribution in [0.25, 0.3) is 11.7 Å². The van der Waals surface area contributed by atoms with Crippen LogP contribution in [0.3, 0.4) is 0 Å². The summed E-state index contributed by atoms with van der Waals surface area (Å²) in [5.41, 5.74) is 3.26. The minimum atomic E-state index is -0.476. The minimum absolute atomic E-state index is 0.0391. The number of pyridine rings is 2. The average molecular weight is 674 g/mol. The molecule has 0 aliphatic rings. The van der Waals surface area contributed by atoms with E-state index in [2.05, 4.69) is 36.5 Å². The van der Waals surface area contributed by atoms with E-state index in [0.29, 0.717) is 39.8 Å². The largest absolute Gasteiger partial charge is 0.485 e. The van der Waals surface area contributed by atoms with E-state index in [1.807, 2.05) is 30.5 Å². The molecular formula is C29H27BrCl2N6O4. The molecule has 3 aromatic heterocycles. The fraction of sp³-hybridized carbons (Fsp3) is 0.207. The number of fused-ring (bicyclic) bond motifs is 1. The van der Waals surface area contributed by atoms with Crippen LogP contribution in [0.15, 0.2) is 59.5 Å². The number of ether oxygens (including phenoxy) is 1. The Morgan fingerprint density at radius 1 is 1.14 bits per heavy atom. The number of anilines is 1. The van der Waals surface area contributed by atoms with Crippen molar-refractivity contribution in [1.29, 1.82) is 0 Å². The molecular weight excluding hydrogens is 647 g/mol. The predicted octanol–water partition coefficient (Wildman–Crippen LogP) is 5.23. The van der Waals surface area contributed by atoms with Crippen LogP contribution in [0.2, 0.25) is 10.0 Å². The topological polar surface area (TPSA) is 118 Å². The van der Waals surface area contributed by atoms with E-state index in [4.69, 9.17) is 27.9 Å². The van der Waals surface area contributed by atoms with Gasteiger partial charge in [0, 0.05) is 42.6 Å². The molecule has 3 heterocycles. The highest BCUT2D eigenvalue weighted by Crippen LogP contribution is 2.35. The van der Waals surface area contributed by atoms with Crippen molar-refractivity contribution in [1.82, 2.24) is 25.0 Å². The van der Waals surface area contributed by atoms with Gasteiger partial charge in [0.25, 0.3) is 5.91 Å².